The number of hydrogen-bond donors (Lipinski definition) is 1. The second kappa shape index (κ2) is 7.64. The Morgan fingerprint density at radius 2 is 1.96 bits per heavy atom. The van der Waals surface area contributed by atoms with E-state index in [9.17, 15) is 0 Å². The van der Waals surface area contributed by atoms with E-state index in [4.69, 9.17) is 4.52 Å². The zero-order valence-corrected chi connectivity index (χ0v) is 14.0. The van der Waals surface area contributed by atoms with Gasteiger partial charge in [-0.3, -0.25) is 0 Å². The van der Waals surface area contributed by atoms with E-state index in [2.05, 4.69) is 25.4 Å². The Hall–Kier alpha value is -1.82. The average molecular weight is 315 g/mol. The topological polar surface area (TPSA) is 76.7 Å². The van der Waals surface area contributed by atoms with Crippen LogP contribution in [0.5, 0.6) is 0 Å². The van der Waals surface area contributed by atoms with Gasteiger partial charge in [-0.1, -0.05) is 31.3 Å². The number of aromatic nitrogens is 4. The van der Waals surface area contributed by atoms with E-state index in [1.165, 1.54) is 32.1 Å². The molecule has 0 saturated heterocycles. The molecule has 2 aromatic heterocycles. The van der Waals surface area contributed by atoms with Crippen molar-refractivity contribution in [1.82, 2.24) is 25.4 Å². The molecule has 2 aromatic rings. The lowest BCUT2D eigenvalue weighted by Gasteiger charge is -2.20. The molecule has 1 aliphatic rings. The van der Waals surface area contributed by atoms with E-state index in [1.807, 2.05) is 26.2 Å². The highest BCUT2D eigenvalue weighted by molar-refractivity contribution is 5.08. The van der Waals surface area contributed by atoms with E-state index in [0.29, 0.717) is 18.4 Å². The quantitative estimate of drug-likeness (QED) is 0.881. The van der Waals surface area contributed by atoms with Crippen molar-refractivity contribution < 1.29 is 4.52 Å². The van der Waals surface area contributed by atoms with Gasteiger partial charge in [0, 0.05) is 36.8 Å². The molecule has 6 heteroatoms. The van der Waals surface area contributed by atoms with Gasteiger partial charge in [0.05, 0.1) is 6.04 Å². The van der Waals surface area contributed by atoms with Crippen molar-refractivity contribution in [3.05, 3.63) is 35.5 Å². The lowest BCUT2D eigenvalue weighted by Crippen LogP contribution is -2.19. The zero-order chi connectivity index (χ0) is 16.1. The summed E-state index contributed by atoms with van der Waals surface area (Å²) in [6.07, 6.45) is 11.1. The Labute approximate surface area is 137 Å². The van der Waals surface area contributed by atoms with Crippen LogP contribution in [0.3, 0.4) is 0 Å². The average Bonchev–Trinajstić information content (AvgIpc) is 3.10. The molecule has 1 fully saturated rings. The number of nitrogens with one attached hydrogen (secondary N) is 1. The molecular formula is C17H25N5O. The highest BCUT2D eigenvalue weighted by Gasteiger charge is 2.18. The van der Waals surface area contributed by atoms with Crippen LogP contribution in [0.15, 0.2) is 16.9 Å². The van der Waals surface area contributed by atoms with Crippen LogP contribution >= 0.6 is 0 Å². The van der Waals surface area contributed by atoms with Gasteiger partial charge in [-0.25, -0.2) is 9.97 Å². The second-order valence-corrected chi connectivity index (χ2v) is 6.29. The Morgan fingerprint density at radius 3 is 2.61 bits per heavy atom. The normalized spacial score (nSPS) is 17.3. The Bertz CT molecular complexity index is 604. The van der Waals surface area contributed by atoms with Crippen LogP contribution in [0.4, 0.5) is 0 Å². The molecule has 1 unspecified atom stereocenters. The van der Waals surface area contributed by atoms with Crippen molar-refractivity contribution in [3.8, 4) is 0 Å². The molecule has 3 rings (SSSR count). The molecule has 124 valence electrons. The van der Waals surface area contributed by atoms with Crippen LogP contribution in [0.25, 0.3) is 0 Å². The van der Waals surface area contributed by atoms with Gasteiger partial charge in [-0.15, -0.1) is 0 Å². The first-order valence-corrected chi connectivity index (χ1v) is 8.63. The highest BCUT2D eigenvalue weighted by Crippen LogP contribution is 2.30. The molecule has 1 saturated carbocycles. The molecule has 0 spiro atoms. The largest absolute Gasteiger partial charge is 0.338 e. The highest BCUT2D eigenvalue weighted by atomic mass is 16.5. The van der Waals surface area contributed by atoms with Gasteiger partial charge in [0.1, 0.15) is 5.82 Å². The van der Waals surface area contributed by atoms with E-state index in [1.54, 1.807) is 0 Å². The van der Waals surface area contributed by atoms with Crippen LogP contribution < -0.4 is 5.32 Å². The SMILES string of the molecule is CCc1noc(C(C)NCc2cnc(C3CCCCC3)nc2)n1. The monoisotopic (exact) mass is 315 g/mol. The van der Waals surface area contributed by atoms with Gasteiger partial charge in [-0.2, -0.15) is 4.98 Å². The summed E-state index contributed by atoms with van der Waals surface area (Å²) in [5.74, 6) is 2.93. The predicted molar refractivity (Wildman–Crippen MR) is 86.8 cm³/mol. The Kier molecular flexibility index (Phi) is 5.33. The molecule has 23 heavy (non-hydrogen) atoms. The molecule has 1 atom stereocenters. The lowest BCUT2D eigenvalue weighted by atomic mass is 9.89. The second-order valence-electron chi connectivity index (χ2n) is 6.29. The molecule has 2 heterocycles. The van der Waals surface area contributed by atoms with Gasteiger partial charge < -0.3 is 9.84 Å². The standard InChI is InChI=1S/C17H25N5O/c1-3-15-21-17(23-22-15)12(2)18-9-13-10-19-16(20-11-13)14-7-5-4-6-8-14/h10-12,14,18H,3-9H2,1-2H3. The maximum Gasteiger partial charge on any atom is 0.243 e. The van der Waals surface area contributed by atoms with Gasteiger partial charge in [0.25, 0.3) is 0 Å². The van der Waals surface area contributed by atoms with E-state index < -0.39 is 0 Å². The summed E-state index contributed by atoms with van der Waals surface area (Å²) in [6, 6.07) is 0.0146. The predicted octanol–water partition coefficient (Wildman–Crippen LogP) is 3.32. The maximum absolute atomic E-state index is 5.25. The Morgan fingerprint density at radius 1 is 1.22 bits per heavy atom. The van der Waals surface area contributed by atoms with Crippen LogP contribution in [0, 0.1) is 0 Å². The zero-order valence-electron chi connectivity index (χ0n) is 14.0. The maximum atomic E-state index is 5.25. The molecule has 0 bridgehead atoms. The van der Waals surface area contributed by atoms with Gasteiger partial charge in [0.2, 0.25) is 5.89 Å². The summed E-state index contributed by atoms with van der Waals surface area (Å²) in [5, 5.41) is 7.30. The molecule has 0 aromatic carbocycles. The number of rotatable bonds is 6. The molecule has 0 aliphatic heterocycles. The lowest BCUT2D eigenvalue weighted by molar-refractivity contribution is 0.336. The molecule has 1 aliphatic carbocycles. The number of hydrogen-bond acceptors (Lipinski definition) is 6. The molecule has 1 N–H and O–H groups in total. The molecule has 0 amide bonds. The first-order chi connectivity index (χ1) is 11.3. The Balaban J connectivity index is 1.53. The van der Waals surface area contributed by atoms with Gasteiger partial charge in [-0.05, 0) is 19.8 Å². The summed E-state index contributed by atoms with van der Waals surface area (Å²) in [7, 11) is 0. The van der Waals surface area contributed by atoms with Crippen LogP contribution in [-0.2, 0) is 13.0 Å². The molecule has 0 radical (unpaired) electrons. The third-order valence-corrected chi connectivity index (χ3v) is 4.48. The van der Waals surface area contributed by atoms with Crippen molar-refractivity contribution in [3.63, 3.8) is 0 Å². The first-order valence-electron chi connectivity index (χ1n) is 8.63. The summed E-state index contributed by atoms with van der Waals surface area (Å²) in [6.45, 7) is 4.72. The van der Waals surface area contributed by atoms with Crippen LogP contribution in [-0.4, -0.2) is 20.1 Å². The molecular weight excluding hydrogens is 290 g/mol. The fraction of sp³-hybridized carbons (Fsp3) is 0.647. The summed E-state index contributed by atoms with van der Waals surface area (Å²) >= 11 is 0. The molecule has 6 nitrogen and oxygen atoms in total. The van der Waals surface area contributed by atoms with Crippen molar-refractivity contribution in [2.24, 2.45) is 0 Å². The fourth-order valence-corrected chi connectivity index (χ4v) is 2.97. The van der Waals surface area contributed by atoms with Crippen LogP contribution in [0.1, 0.15) is 81.0 Å². The van der Waals surface area contributed by atoms with E-state index >= 15 is 0 Å². The summed E-state index contributed by atoms with van der Waals surface area (Å²) in [4.78, 5) is 13.5. The third-order valence-electron chi connectivity index (χ3n) is 4.48. The number of aryl methyl sites for hydroxylation is 1. The van der Waals surface area contributed by atoms with Crippen molar-refractivity contribution >= 4 is 0 Å². The van der Waals surface area contributed by atoms with Crippen LogP contribution in [0.2, 0.25) is 0 Å². The number of nitrogens with zero attached hydrogens (tertiary/aromatic N) is 4. The fourth-order valence-electron chi connectivity index (χ4n) is 2.97. The first kappa shape index (κ1) is 16.1. The van der Waals surface area contributed by atoms with Crippen molar-refractivity contribution in [2.75, 3.05) is 0 Å². The van der Waals surface area contributed by atoms with Gasteiger partial charge in [0.15, 0.2) is 5.82 Å². The minimum absolute atomic E-state index is 0.0146. The minimum Gasteiger partial charge on any atom is -0.338 e. The van der Waals surface area contributed by atoms with Crippen molar-refractivity contribution in [2.45, 2.75) is 70.9 Å². The minimum atomic E-state index is 0.0146. The summed E-state index contributed by atoms with van der Waals surface area (Å²) < 4.78 is 5.25. The third kappa shape index (κ3) is 4.13. The smallest absolute Gasteiger partial charge is 0.243 e. The van der Waals surface area contributed by atoms with Crippen molar-refractivity contribution in [1.29, 1.82) is 0 Å². The summed E-state index contributed by atoms with van der Waals surface area (Å²) in [5.41, 5.74) is 1.08. The van der Waals surface area contributed by atoms with E-state index in [-0.39, 0.29) is 6.04 Å². The van der Waals surface area contributed by atoms with E-state index in [0.717, 1.165) is 23.6 Å². The van der Waals surface area contributed by atoms with Gasteiger partial charge >= 0.3 is 0 Å².